The molecular weight excluding hydrogens is 320 g/mol. The summed E-state index contributed by atoms with van der Waals surface area (Å²) < 4.78 is 8.63. The zero-order valence-corrected chi connectivity index (χ0v) is 12.7. The lowest BCUT2D eigenvalue weighted by atomic mass is 10.3. The van der Waals surface area contributed by atoms with Crippen molar-refractivity contribution in [3.63, 3.8) is 0 Å². The van der Waals surface area contributed by atoms with Gasteiger partial charge < -0.3 is 10.1 Å². The molecule has 5 nitrogen and oxygen atoms in total. The predicted octanol–water partition coefficient (Wildman–Crippen LogP) is 2.37. The minimum atomic E-state index is 0.580. The summed E-state index contributed by atoms with van der Waals surface area (Å²) in [4.78, 5) is 4.28. The topological polar surface area (TPSA) is 52.0 Å². The van der Waals surface area contributed by atoms with E-state index in [-0.39, 0.29) is 0 Å². The van der Waals surface area contributed by atoms with E-state index >= 15 is 0 Å². The van der Waals surface area contributed by atoms with E-state index in [0.717, 1.165) is 22.6 Å². The zero-order valence-electron chi connectivity index (χ0n) is 11.1. The third-order valence-corrected chi connectivity index (χ3v) is 3.68. The van der Waals surface area contributed by atoms with E-state index in [1.54, 1.807) is 6.33 Å². The fourth-order valence-corrected chi connectivity index (χ4v) is 2.32. The molecule has 1 aliphatic carbocycles. The summed E-state index contributed by atoms with van der Waals surface area (Å²) in [5.74, 6) is 1.83. The van der Waals surface area contributed by atoms with Gasteiger partial charge in [-0.15, -0.1) is 0 Å². The smallest absolute Gasteiger partial charge is 0.140 e. The van der Waals surface area contributed by atoms with Crippen LogP contribution in [0.4, 0.5) is 0 Å². The van der Waals surface area contributed by atoms with Crippen molar-refractivity contribution >= 4 is 15.9 Å². The van der Waals surface area contributed by atoms with Crippen molar-refractivity contribution in [1.29, 1.82) is 0 Å². The fraction of sp³-hybridized carbons (Fsp3) is 0.429. The van der Waals surface area contributed by atoms with E-state index in [0.29, 0.717) is 19.2 Å². The first-order valence-corrected chi connectivity index (χ1v) is 7.59. The third-order valence-electron chi connectivity index (χ3n) is 3.19. The normalized spacial score (nSPS) is 14.4. The molecule has 6 heteroatoms. The summed E-state index contributed by atoms with van der Waals surface area (Å²) in [5.41, 5.74) is 0. The van der Waals surface area contributed by atoms with Crippen molar-refractivity contribution in [3.8, 4) is 5.75 Å². The summed E-state index contributed by atoms with van der Waals surface area (Å²) >= 11 is 3.43. The van der Waals surface area contributed by atoms with Crippen LogP contribution in [-0.4, -0.2) is 27.4 Å². The molecule has 0 radical (unpaired) electrons. The second-order valence-electron chi connectivity index (χ2n) is 4.86. The van der Waals surface area contributed by atoms with E-state index in [4.69, 9.17) is 4.74 Å². The van der Waals surface area contributed by atoms with Crippen LogP contribution in [-0.2, 0) is 13.1 Å². The average Bonchev–Trinajstić information content (AvgIpc) is 3.16. The van der Waals surface area contributed by atoms with E-state index in [9.17, 15) is 0 Å². The van der Waals surface area contributed by atoms with Crippen molar-refractivity contribution in [3.05, 3.63) is 40.9 Å². The van der Waals surface area contributed by atoms with Gasteiger partial charge in [0.1, 0.15) is 24.5 Å². The summed E-state index contributed by atoms with van der Waals surface area (Å²) in [6.45, 7) is 2.06. The van der Waals surface area contributed by atoms with Crippen molar-refractivity contribution < 1.29 is 4.74 Å². The molecule has 0 unspecified atom stereocenters. The maximum Gasteiger partial charge on any atom is 0.140 e. The zero-order chi connectivity index (χ0) is 13.8. The molecule has 3 rings (SSSR count). The lowest BCUT2D eigenvalue weighted by molar-refractivity contribution is 0.288. The van der Waals surface area contributed by atoms with Gasteiger partial charge in [0.2, 0.25) is 0 Å². The Labute approximate surface area is 126 Å². The Kier molecular flexibility index (Phi) is 4.32. The van der Waals surface area contributed by atoms with Crippen LogP contribution in [0.3, 0.4) is 0 Å². The van der Waals surface area contributed by atoms with Crippen LogP contribution >= 0.6 is 15.9 Å². The molecule has 0 spiro atoms. The van der Waals surface area contributed by atoms with Crippen LogP contribution in [0.1, 0.15) is 18.7 Å². The number of hydrogen-bond donors (Lipinski definition) is 1. The van der Waals surface area contributed by atoms with Crippen LogP contribution in [0, 0.1) is 0 Å². The first-order chi connectivity index (χ1) is 9.81. The van der Waals surface area contributed by atoms with Crippen LogP contribution in [0.2, 0.25) is 0 Å². The summed E-state index contributed by atoms with van der Waals surface area (Å²) in [7, 11) is 0. The molecule has 1 aliphatic rings. The monoisotopic (exact) mass is 336 g/mol. The van der Waals surface area contributed by atoms with Crippen molar-refractivity contribution in [2.45, 2.75) is 32.0 Å². The van der Waals surface area contributed by atoms with Crippen molar-refractivity contribution in [2.75, 3.05) is 6.61 Å². The van der Waals surface area contributed by atoms with E-state index in [2.05, 4.69) is 31.3 Å². The molecule has 1 N–H and O–H groups in total. The van der Waals surface area contributed by atoms with Gasteiger partial charge in [-0.3, -0.25) is 0 Å². The van der Waals surface area contributed by atoms with Gasteiger partial charge in [0.05, 0.1) is 13.1 Å². The highest BCUT2D eigenvalue weighted by Gasteiger charge is 2.20. The van der Waals surface area contributed by atoms with Crippen LogP contribution in [0.25, 0.3) is 0 Å². The molecule has 2 aromatic rings. The molecule has 0 aliphatic heterocycles. The second-order valence-corrected chi connectivity index (χ2v) is 5.78. The Hall–Kier alpha value is -1.40. The van der Waals surface area contributed by atoms with Gasteiger partial charge in [0, 0.05) is 10.5 Å². The SMILES string of the molecule is Brc1cccc(OCCn2ncnc2CNC2CC2)c1. The average molecular weight is 337 g/mol. The van der Waals surface area contributed by atoms with Crippen molar-refractivity contribution in [1.82, 2.24) is 20.1 Å². The van der Waals surface area contributed by atoms with Crippen LogP contribution in [0.15, 0.2) is 35.1 Å². The molecule has 1 aromatic carbocycles. The number of nitrogens with zero attached hydrogens (tertiary/aromatic N) is 3. The maximum atomic E-state index is 5.71. The Bertz CT molecular complexity index is 568. The van der Waals surface area contributed by atoms with E-state index < -0.39 is 0 Å². The van der Waals surface area contributed by atoms with E-state index in [1.165, 1.54) is 12.8 Å². The number of rotatable bonds is 7. The van der Waals surface area contributed by atoms with Gasteiger partial charge in [-0.2, -0.15) is 5.10 Å². The molecule has 1 saturated carbocycles. The lowest BCUT2D eigenvalue weighted by Crippen LogP contribution is -2.20. The largest absolute Gasteiger partial charge is 0.492 e. The second kappa shape index (κ2) is 6.37. The standard InChI is InChI=1S/C14H17BrN4O/c15-11-2-1-3-13(8-11)20-7-6-19-14(17-10-18-19)9-16-12-4-5-12/h1-3,8,10,12,16H,4-7,9H2. The molecular formula is C14H17BrN4O. The highest BCUT2D eigenvalue weighted by Crippen LogP contribution is 2.19. The minimum absolute atomic E-state index is 0.580. The quantitative estimate of drug-likeness (QED) is 0.843. The van der Waals surface area contributed by atoms with Crippen LogP contribution < -0.4 is 10.1 Å². The molecule has 1 heterocycles. The lowest BCUT2D eigenvalue weighted by Gasteiger charge is -2.09. The molecule has 0 saturated heterocycles. The van der Waals surface area contributed by atoms with Crippen LogP contribution in [0.5, 0.6) is 5.75 Å². The predicted molar refractivity (Wildman–Crippen MR) is 79.5 cm³/mol. The van der Waals surface area contributed by atoms with Gasteiger partial charge in [0.15, 0.2) is 0 Å². The summed E-state index contributed by atoms with van der Waals surface area (Å²) in [6.07, 6.45) is 4.16. The molecule has 0 amide bonds. The minimum Gasteiger partial charge on any atom is -0.492 e. The fourth-order valence-electron chi connectivity index (χ4n) is 1.94. The number of ether oxygens (including phenoxy) is 1. The summed E-state index contributed by atoms with van der Waals surface area (Å²) in [6, 6.07) is 8.52. The number of aromatic nitrogens is 3. The Balaban J connectivity index is 1.49. The number of halogens is 1. The molecule has 20 heavy (non-hydrogen) atoms. The molecule has 106 valence electrons. The van der Waals surface area contributed by atoms with E-state index in [1.807, 2.05) is 28.9 Å². The van der Waals surface area contributed by atoms with Gasteiger partial charge in [-0.1, -0.05) is 22.0 Å². The van der Waals surface area contributed by atoms with Crippen molar-refractivity contribution in [2.24, 2.45) is 0 Å². The molecule has 0 bridgehead atoms. The van der Waals surface area contributed by atoms with Gasteiger partial charge in [-0.25, -0.2) is 9.67 Å². The Morgan fingerprint density at radius 1 is 1.40 bits per heavy atom. The Morgan fingerprint density at radius 3 is 3.10 bits per heavy atom. The summed E-state index contributed by atoms with van der Waals surface area (Å²) in [5, 5.41) is 7.68. The van der Waals surface area contributed by atoms with Gasteiger partial charge in [-0.05, 0) is 31.0 Å². The van der Waals surface area contributed by atoms with Gasteiger partial charge >= 0.3 is 0 Å². The third kappa shape index (κ3) is 3.80. The highest BCUT2D eigenvalue weighted by molar-refractivity contribution is 9.10. The first kappa shape index (κ1) is 13.6. The number of nitrogens with one attached hydrogen (secondary N) is 1. The molecule has 1 aromatic heterocycles. The molecule has 0 atom stereocenters. The highest BCUT2D eigenvalue weighted by atomic mass is 79.9. The molecule has 1 fully saturated rings. The number of benzene rings is 1. The Morgan fingerprint density at radius 2 is 2.30 bits per heavy atom. The van der Waals surface area contributed by atoms with Gasteiger partial charge in [0.25, 0.3) is 0 Å². The maximum absolute atomic E-state index is 5.71. The first-order valence-electron chi connectivity index (χ1n) is 6.80. The number of hydrogen-bond acceptors (Lipinski definition) is 4.